The quantitative estimate of drug-likeness (QED) is 0.640. The summed E-state index contributed by atoms with van der Waals surface area (Å²) in [5.41, 5.74) is 1.95. The summed E-state index contributed by atoms with van der Waals surface area (Å²) in [6.07, 6.45) is 1.26. The van der Waals surface area contributed by atoms with Gasteiger partial charge in [0.25, 0.3) is 0 Å². The van der Waals surface area contributed by atoms with Crippen molar-refractivity contribution in [3.63, 3.8) is 0 Å². The van der Waals surface area contributed by atoms with E-state index in [0.29, 0.717) is 6.61 Å². The first kappa shape index (κ1) is 20.5. The average molecular weight is 406 g/mol. The molecule has 3 atom stereocenters. The maximum absolute atomic E-state index is 10.9. The van der Waals surface area contributed by atoms with Crippen LogP contribution in [0.15, 0.2) is 73.0 Å². The minimum atomic E-state index is -4.59. The van der Waals surface area contributed by atoms with Gasteiger partial charge in [-0.25, -0.2) is 4.18 Å². The molecule has 1 aliphatic heterocycles. The molecule has 1 heterocycles. The zero-order chi connectivity index (χ0) is 19.8. The maximum atomic E-state index is 10.9. The number of hydrogen-bond acceptors (Lipinski definition) is 6. The van der Waals surface area contributed by atoms with E-state index < -0.39 is 35.3 Å². The fraction of sp³-hybridized carbons (Fsp3) is 0.300. The molecule has 8 heteroatoms. The van der Waals surface area contributed by atoms with Crippen molar-refractivity contribution in [3.05, 3.63) is 84.1 Å². The molecule has 7 nitrogen and oxygen atoms in total. The third-order valence-electron chi connectivity index (χ3n) is 4.16. The van der Waals surface area contributed by atoms with Crippen LogP contribution < -0.4 is 0 Å². The van der Waals surface area contributed by atoms with Crippen molar-refractivity contribution >= 4 is 10.4 Å². The van der Waals surface area contributed by atoms with E-state index in [9.17, 15) is 8.42 Å². The minimum Gasteiger partial charge on any atom is -0.493 e. The van der Waals surface area contributed by atoms with Crippen molar-refractivity contribution in [1.29, 1.82) is 0 Å². The van der Waals surface area contributed by atoms with Gasteiger partial charge < -0.3 is 14.2 Å². The largest absolute Gasteiger partial charge is 0.493 e. The van der Waals surface area contributed by atoms with Gasteiger partial charge >= 0.3 is 10.4 Å². The third kappa shape index (κ3) is 6.43. The Hall–Kier alpha value is -2.23. The first-order valence-corrected chi connectivity index (χ1v) is 10.1. The van der Waals surface area contributed by atoms with Crippen LogP contribution in [0.2, 0.25) is 0 Å². The second-order valence-corrected chi connectivity index (χ2v) is 7.33. The van der Waals surface area contributed by atoms with Crippen LogP contribution in [0.4, 0.5) is 0 Å². The lowest BCUT2D eigenvalue weighted by Gasteiger charge is -2.34. The summed E-state index contributed by atoms with van der Waals surface area (Å²) in [6, 6.07) is 19.2. The molecular formula is C20H22O7S. The van der Waals surface area contributed by atoms with E-state index in [1.165, 1.54) is 6.26 Å². The summed E-state index contributed by atoms with van der Waals surface area (Å²) in [5.74, 6) is 0. The second-order valence-electron chi connectivity index (χ2n) is 6.24. The topological polar surface area (TPSA) is 91.3 Å². The maximum Gasteiger partial charge on any atom is 0.397 e. The average Bonchev–Trinajstić information content (AvgIpc) is 2.70. The van der Waals surface area contributed by atoms with Gasteiger partial charge in [0.1, 0.15) is 18.8 Å². The van der Waals surface area contributed by atoms with Gasteiger partial charge in [-0.2, -0.15) is 8.42 Å². The molecule has 3 unspecified atom stereocenters. The summed E-state index contributed by atoms with van der Waals surface area (Å²) < 4.78 is 52.7. The number of ether oxygens (including phenoxy) is 3. The molecule has 0 bridgehead atoms. The normalized spacial score (nSPS) is 22.0. The molecular weight excluding hydrogens is 384 g/mol. The first-order valence-electron chi connectivity index (χ1n) is 8.76. The Morgan fingerprint density at radius 2 is 1.46 bits per heavy atom. The van der Waals surface area contributed by atoms with E-state index in [1.807, 2.05) is 60.7 Å². The lowest BCUT2D eigenvalue weighted by atomic mass is 10.1. The minimum absolute atomic E-state index is 0.288. The van der Waals surface area contributed by atoms with Crippen LogP contribution in [0.3, 0.4) is 0 Å². The molecule has 0 aliphatic carbocycles. The van der Waals surface area contributed by atoms with Gasteiger partial charge in [-0.15, -0.1) is 0 Å². The molecule has 28 heavy (non-hydrogen) atoms. The molecule has 0 spiro atoms. The Balaban J connectivity index is 1.69. The smallest absolute Gasteiger partial charge is 0.397 e. The monoisotopic (exact) mass is 406 g/mol. The Bertz CT molecular complexity index is 853. The Labute approximate surface area is 164 Å². The molecule has 0 radical (unpaired) electrons. The van der Waals surface area contributed by atoms with Crippen LogP contribution >= 0.6 is 0 Å². The Morgan fingerprint density at radius 1 is 0.893 bits per heavy atom. The summed E-state index contributed by atoms with van der Waals surface area (Å²) in [5, 5.41) is 0. The van der Waals surface area contributed by atoms with Crippen LogP contribution in [-0.4, -0.2) is 37.9 Å². The molecule has 2 aromatic rings. The van der Waals surface area contributed by atoms with Gasteiger partial charge in [-0.1, -0.05) is 60.7 Å². The predicted octanol–water partition coefficient (Wildman–Crippen LogP) is 2.89. The fourth-order valence-corrected chi connectivity index (χ4v) is 3.10. The standard InChI is InChI=1S/C20H22O7S/c21-28(22,23)27-15-19-20(26-14-17-9-5-2-6-10-17)18(11-12-24-19)25-13-16-7-3-1-4-8-16/h1-12,18-20H,13-15H2,(H,21,22,23). The summed E-state index contributed by atoms with van der Waals surface area (Å²) in [6.45, 7) is 0.247. The Kier molecular flexibility index (Phi) is 7.18. The van der Waals surface area contributed by atoms with Gasteiger partial charge in [0.05, 0.1) is 19.5 Å². The highest BCUT2D eigenvalue weighted by Crippen LogP contribution is 2.22. The van der Waals surface area contributed by atoms with Crippen LogP contribution in [0.1, 0.15) is 11.1 Å². The van der Waals surface area contributed by atoms with E-state index >= 15 is 0 Å². The van der Waals surface area contributed by atoms with Crippen molar-refractivity contribution < 1.29 is 31.4 Å². The summed E-state index contributed by atoms with van der Waals surface area (Å²) in [4.78, 5) is 0. The van der Waals surface area contributed by atoms with Crippen LogP contribution in [0, 0.1) is 0 Å². The van der Waals surface area contributed by atoms with Crippen LogP contribution in [0.25, 0.3) is 0 Å². The van der Waals surface area contributed by atoms with Crippen LogP contribution in [-0.2, 0) is 42.0 Å². The van der Waals surface area contributed by atoms with Crippen LogP contribution in [0.5, 0.6) is 0 Å². The highest BCUT2D eigenvalue weighted by molar-refractivity contribution is 7.80. The van der Waals surface area contributed by atoms with Gasteiger partial charge in [-0.3, -0.25) is 4.55 Å². The van der Waals surface area contributed by atoms with Gasteiger partial charge in [0.15, 0.2) is 6.10 Å². The van der Waals surface area contributed by atoms with E-state index in [4.69, 9.17) is 18.8 Å². The summed E-state index contributed by atoms with van der Waals surface area (Å²) in [7, 11) is -4.59. The lowest BCUT2D eigenvalue weighted by Crippen LogP contribution is -2.46. The zero-order valence-electron chi connectivity index (χ0n) is 15.1. The third-order valence-corrected chi connectivity index (χ3v) is 4.60. The lowest BCUT2D eigenvalue weighted by molar-refractivity contribution is -0.138. The van der Waals surface area contributed by atoms with Gasteiger partial charge in [0, 0.05) is 0 Å². The Morgan fingerprint density at radius 3 is 2.04 bits per heavy atom. The molecule has 0 fully saturated rings. The molecule has 0 amide bonds. The van der Waals surface area contributed by atoms with E-state index in [1.54, 1.807) is 6.08 Å². The molecule has 0 aromatic heterocycles. The predicted molar refractivity (Wildman–Crippen MR) is 102 cm³/mol. The molecule has 1 aliphatic rings. The van der Waals surface area contributed by atoms with Crippen molar-refractivity contribution in [2.75, 3.05) is 6.61 Å². The highest BCUT2D eigenvalue weighted by Gasteiger charge is 2.35. The number of rotatable bonds is 9. The van der Waals surface area contributed by atoms with Crippen molar-refractivity contribution in [3.8, 4) is 0 Å². The number of benzene rings is 2. The van der Waals surface area contributed by atoms with E-state index in [-0.39, 0.29) is 6.61 Å². The molecule has 3 rings (SSSR count). The summed E-state index contributed by atoms with van der Waals surface area (Å²) >= 11 is 0. The van der Waals surface area contributed by atoms with E-state index in [0.717, 1.165) is 11.1 Å². The zero-order valence-corrected chi connectivity index (χ0v) is 15.9. The van der Waals surface area contributed by atoms with Gasteiger partial charge in [0.2, 0.25) is 0 Å². The molecule has 1 N–H and O–H groups in total. The SMILES string of the molecule is O=S(=O)(O)OCC1OC=CC(OCc2ccccc2)C1OCc1ccccc1. The molecule has 2 aromatic carbocycles. The van der Waals surface area contributed by atoms with Crippen molar-refractivity contribution in [2.24, 2.45) is 0 Å². The van der Waals surface area contributed by atoms with E-state index in [2.05, 4.69) is 4.18 Å². The van der Waals surface area contributed by atoms with Crippen molar-refractivity contribution in [2.45, 2.75) is 31.5 Å². The fourth-order valence-electron chi connectivity index (χ4n) is 2.80. The molecule has 0 saturated carbocycles. The second kappa shape index (κ2) is 9.81. The van der Waals surface area contributed by atoms with Gasteiger partial charge in [-0.05, 0) is 17.2 Å². The molecule has 150 valence electrons. The molecule has 0 saturated heterocycles. The number of hydrogen-bond donors (Lipinski definition) is 1. The first-order chi connectivity index (χ1) is 13.5. The highest BCUT2D eigenvalue weighted by atomic mass is 32.3. The van der Waals surface area contributed by atoms with Crippen molar-refractivity contribution in [1.82, 2.24) is 0 Å².